The van der Waals surface area contributed by atoms with Crippen molar-refractivity contribution in [2.24, 2.45) is 11.8 Å². The molecule has 0 amide bonds. The van der Waals surface area contributed by atoms with Gasteiger partial charge in [0.25, 0.3) is 0 Å². The predicted octanol–water partition coefficient (Wildman–Crippen LogP) is 2.27. The molecule has 0 bridgehead atoms. The molecule has 0 aliphatic carbocycles. The number of ether oxygens (including phenoxy) is 1. The number of hydrogen-bond acceptors (Lipinski definition) is 2. The Morgan fingerprint density at radius 3 is 2.88 bits per heavy atom. The van der Waals surface area contributed by atoms with Crippen LogP contribution in [-0.4, -0.2) is 24.3 Å². The first-order chi connectivity index (χ1) is 8.18. The highest BCUT2D eigenvalue weighted by Crippen LogP contribution is 2.26. The second kappa shape index (κ2) is 5.32. The zero-order chi connectivity index (χ0) is 12.3. The van der Waals surface area contributed by atoms with Crippen LogP contribution in [0, 0.1) is 18.8 Å². The molecule has 1 saturated heterocycles. The first-order valence-corrected chi connectivity index (χ1v) is 6.03. The van der Waals surface area contributed by atoms with E-state index in [2.05, 4.69) is 0 Å². The number of carboxylic acid groups (broad SMARTS) is 1. The van der Waals surface area contributed by atoms with Crippen molar-refractivity contribution in [1.29, 1.82) is 0 Å². The first kappa shape index (κ1) is 12.1. The van der Waals surface area contributed by atoms with Crippen LogP contribution in [0.4, 0.5) is 0 Å². The average molecular weight is 234 g/mol. The molecule has 0 aromatic heterocycles. The largest absolute Gasteiger partial charge is 0.481 e. The zero-order valence-corrected chi connectivity index (χ0v) is 10.1. The molecule has 1 aliphatic rings. The topological polar surface area (TPSA) is 46.5 Å². The van der Waals surface area contributed by atoms with Crippen LogP contribution in [0.5, 0.6) is 0 Å². The Morgan fingerprint density at radius 2 is 2.29 bits per heavy atom. The van der Waals surface area contributed by atoms with Gasteiger partial charge < -0.3 is 9.84 Å². The van der Waals surface area contributed by atoms with Crippen molar-refractivity contribution < 1.29 is 14.6 Å². The van der Waals surface area contributed by atoms with Crippen molar-refractivity contribution in [3.63, 3.8) is 0 Å². The molecule has 2 rings (SSSR count). The fraction of sp³-hybridized carbons (Fsp3) is 0.500. The molecule has 1 aromatic carbocycles. The van der Waals surface area contributed by atoms with Gasteiger partial charge >= 0.3 is 5.97 Å². The minimum atomic E-state index is -0.705. The van der Waals surface area contributed by atoms with Crippen LogP contribution >= 0.6 is 0 Å². The number of benzene rings is 1. The Morgan fingerprint density at radius 1 is 1.53 bits per heavy atom. The Balaban J connectivity index is 2.12. The smallest absolute Gasteiger partial charge is 0.307 e. The molecule has 1 N–H and O–H groups in total. The Hall–Kier alpha value is -1.35. The van der Waals surface area contributed by atoms with Crippen LogP contribution < -0.4 is 0 Å². The van der Waals surface area contributed by atoms with Crippen molar-refractivity contribution in [2.75, 3.05) is 13.2 Å². The van der Waals surface area contributed by atoms with Gasteiger partial charge in [0.15, 0.2) is 0 Å². The molecule has 0 saturated carbocycles. The lowest BCUT2D eigenvalue weighted by molar-refractivity contribution is -0.143. The molecule has 0 spiro atoms. The van der Waals surface area contributed by atoms with Crippen molar-refractivity contribution in [3.8, 4) is 0 Å². The molecule has 3 heteroatoms. The lowest BCUT2D eigenvalue weighted by Crippen LogP contribution is -2.26. The summed E-state index contributed by atoms with van der Waals surface area (Å²) in [6.07, 6.45) is 1.47. The van der Waals surface area contributed by atoms with Crippen LogP contribution in [0.15, 0.2) is 24.3 Å². The molecule has 17 heavy (non-hydrogen) atoms. The lowest BCUT2D eigenvalue weighted by Gasteiger charge is -2.19. The van der Waals surface area contributed by atoms with E-state index in [4.69, 9.17) is 4.74 Å². The van der Waals surface area contributed by atoms with Crippen molar-refractivity contribution in [2.45, 2.75) is 19.8 Å². The van der Waals surface area contributed by atoms with Gasteiger partial charge in [-0.15, -0.1) is 0 Å². The van der Waals surface area contributed by atoms with Crippen LogP contribution in [-0.2, 0) is 16.0 Å². The standard InChI is InChI=1S/C14H18O3/c1-10-4-2-3-5-11(10)8-13(14(15)16)12-6-7-17-9-12/h2-5,12-13H,6-9H2,1H3,(H,15,16). The van der Waals surface area contributed by atoms with Crippen molar-refractivity contribution in [1.82, 2.24) is 0 Å². The SMILES string of the molecule is Cc1ccccc1CC(C(=O)O)C1CCOC1. The first-order valence-electron chi connectivity index (χ1n) is 6.03. The zero-order valence-electron chi connectivity index (χ0n) is 10.1. The van der Waals surface area contributed by atoms with Gasteiger partial charge in [0.2, 0.25) is 0 Å². The normalized spacial score (nSPS) is 21.4. The third kappa shape index (κ3) is 2.86. The summed E-state index contributed by atoms with van der Waals surface area (Å²) in [5, 5.41) is 9.33. The van der Waals surface area contributed by atoms with Crippen LogP contribution in [0.25, 0.3) is 0 Å². The summed E-state index contributed by atoms with van der Waals surface area (Å²) < 4.78 is 5.29. The van der Waals surface area contributed by atoms with E-state index in [0.717, 1.165) is 17.5 Å². The minimum absolute atomic E-state index is 0.159. The van der Waals surface area contributed by atoms with E-state index in [1.54, 1.807) is 0 Å². The third-order valence-corrected chi connectivity index (χ3v) is 3.55. The fourth-order valence-electron chi connectivity index (χ4n) is 2.40. The van der Waals surface area contributed by atoms with Gasteiger partial charge in [-0.1, -0.05) is 24.3 Å². The van der Waals surface area contributed by atoms with Gasteiger partial charge in [-0.3, -0.25) is 4.79 Å². The molecule has 3 nitrogen and oxygen atoms in total. The van der Waals surface area contributed by atoms with Crippen LogP contribution in [0.2, 0.25) is 0 Å². The summed E-state index contributed by atoms with van der Waals surface area (Å²) in [6, 6.07) is 7.99. The lowest BCUT2D eigenvalue weighted by atomic mass is 9.85. The van der Waals surface area contributed by atoms with Crippen molar-refractivity contribution in [3.05, 3.63) is 35.4 Å². The van der Waals surface area contributed by atoms with E-state index in [0.29, 0.717) is 19.6 Å². The van der Waals surface area contributed by atoms with Gasteiger partial charge in [-0.05, 0) is 36.8 Å². The number of aryl methyl sites for hydroxylation is 1. The van der Waals surface area contributed by atoms with E-state index in [1.165, 1.54) is 0 Å². The van der Waals surface area contributed by atoms with E-state index in [9.17, 15) is 9.90 Å². The van der Waals surface area contributed by atoms with Gasteiger partial charge in [-0.2, -0.15) is 0 Å². The summed E-state index contributed by atoms with van der Waals surface area (Å²) in [5.74, 6) is -0.866. The molecule has 1 aliphatic heterocycles. The van der Waals surface area contributed by atoms with E-state index >= 15 is 0 Å². The Bertz CT molecular complexity index is 394. The van der Waals surface area contributed by atoms with Gasteiger partial charge in [-0.25, -0.2) is 0 Å². The van der Waals surface area contributed by atoms with Gasteiger partial charge in [0, 0.05) is 6.61 Å². The third-order valence-electron chi connectivity index (χ3n) is 3.55. The summed E-state index contributed by atoms with van der Waals surface area (Å²) in [7, 11) is 0. The van der Waals surface area contributed by atoms with E-state index < -0.39 is 5.97 Å². The summed E-state index contributed by atoms with van der Waals surface area (Å²) in [4.78, 5) is 11.3. The predicted molar refractivity (Wildman–Crippen MR) is 64.9 cm³/mol. The summed E-state index contributed by atoms with van der Waals surface area (Å²) in [6.45, 7) is 3.31. The number of carbonyl (C=O) groups is 1. The van der Waals surface area contributed by atoms with Crippen molar-refractivity contribution >= 4 is 5.97 Å². The summed E-state index contributed by atoms with van der Waals surface area (Å²) >= 11 is 0. The molecular formula is C14H18O3. The van der Waals surface area contributed by atoms with E-state index in [1.807, 2.05) is 31.2 Å². The molecule has 2 atom stereocenters. The second-order valence-corrected chi connectivity index (χ2v) is 4.70. The molecule has 2 unspecified atom stereocenters. The number of aliphatic carboxylic acids is 1. The second-order valence-electron chi connectivity index (χ2n) is 4.70. The highest BCUT2D eigenvalue weighted by atomic mass is 16.5. The van der Waals surface area contributed by atoms with Gasteiger partial charge in [0.1, 0.15) is 0 Å². The number of hydrogen-bond donors (Lipinski definition) is 1. The molecule has 92 valence electrons. The average Bonchev–Trinajstić information content (AvgIpc) is 2.81. The highest BCUT2D eigenvalue weighted by molar-refractivity contribution is 5.71. The maximum atomic E-state index is 11.3. The summed E-state index contributed by atoms with van der Waals surface area (Å²) in [5.41, 5.74) is 2.30. The van der Waals surface area contributed by atoms with Crippen LogP contribution in [0.3, 0.4) is 0 Å². The highest BCUT2D eigenvalue weighted by Gasteiger charge is 2.31. The molecule has 1 fully saturated rings. The monoisotopic (exact) mass is 234 g/mol. The Kier molecular flexibility index (Phi) is 3.79. The fourth-order valence-corrected chi connectivity index (χ4v) is 2.40. The maximum Gasteiger partial charge on any atom is 0.307 e. The number of carboxylic acids is 1. The minimum Gasteiger partial charge on any atom is -0.481 e. The molecule has 1 heterocycles. The quantitative estimate of drug-likeness (QED) is 0.869. The Labute approximate surface area is 101 Å². The van der Waals surface area contributed by atoms with E-state index in [-0.39, 0.29) is 11.8 Å². The molecule has 1 aromatic rings. The van der Waals surface area contributed by atoms with Gasteiger partial charge in [0.05, 0.1) is 12.5 Å². The number of rotatable bonds is 4. The molecule has 0 radical (unpaired) electrons. The van der Waals surface area contributed by atoms with Crippen LogP contribution in [0.1, 0.15) is 17.5 Å². The molecular weight excluding hydrogens is 216 g/mol. The maximum absolute atomic E-state index is 11.3.